The Morgan fingerprint density at radius 2 is 1.84 bits per heavy atom. The van der Waals surface area contributed by atoms with Gasteiger partial charge in [0.25, 0.3) is 0 Å². The fraction of sp³-hybridized carbons (Fsp3) is 0.462. The summed E-state index contributed by atoms with van der Waals surface area (Å²) in [4.78, 5) is 13.2. The molecule has 1 aromatic carbocycles. The first-order valence-corrected chi connectivity index (χ1v) is 6.99. The van der Waals surface area contributed by atoms with Crippen molar-refractivity contribution in [3.63, 3.8) is 0 Å². The molecule has 2 nitrogen and oxygen atoms in total. The molecule has 0 aliphatic rings. The average Bonchev–Trinajstić information content (AvgIpc) is 2.36. The first-order chi connectivity index (χ1) is 8.92. The van der Waals surface area contributed by atoms with Crippen LogP contribution in [0.3, 0.4) is 0 Å². The van der Waals surface area contributed by atoms with E-state index in [9.17, 15) is 18.0 Å². The SMILES string of the molecule is O=C(CCC(F)(F)F)N(CCBr)Cc1ccccc1. The molecule has 1 amide bonds. The third-order valence-corrected chi connectivity index (χ3v) is 2.90. The fourth-order valence-corrected chi connectivity index (χ4v) is 2.03. The molecule has 0 aliphatic carbocycles. The molecule has 0 N–H and O–H groups in total. The number of alkyl halides is 4. The molecule has 106 valence electrons. The molecular formula is C13H15BrF3NO. The van der Waals surface area contributed by atoms with E-state index in [4.69, 9.17) is 0 Å². The molecule has 0 saturated heterocycles. The summed E-state index contributed by atoms with van der Waals surface area (Å²) in [5.41, 5.74) is 0.906. The van der Waals surface area contributed by atoms with Gasteiger partial charge in [0.15, 0.2) is 0 Å². The number of hydrogen-bond acceptors (Lipinski definition) is 1. The second kappa shape index (κ2) is 7.53. The molecule has 0 saturated carbocycles. The molecule has 0 unspecified atom stereocenters. The Hall–Kier alpha value is -1.04. The molecule has 0 fully saturated rings. The van der Waals surface area contributed by atoms with E-state index in [2.05, 4.69) is 15.9 Å². The van der Waals surface area contributed by atoms with Gasteiger partial charge in [0.2, 0.25) is 5.91 Å². The van der Waals surface area contributed by atoms with Gasteiger partial charge in [-0.05, 0) is 5.56 Å². The molecule has 0 heterocycles. The van der Waals surface area contributed by atoms with Gasteiger partial charge in [-0.3, -0.25) is 4.79 Å². The molecule has 0 bridgehead atoms. The Bertz CT molecular complexity index is 395. The number of rotatable bonds is 6. The van der Waals surface area contributed by atoms with E-state index < -0.39 is 24.9 Å². The molecule has 1 rings (SSSR count). The predicted molar refractivity (Wildman–Crippen MR) is 70.9 cm³/mol. The third kappa shape index (κ3) is 6.61. The summed E-state index contributed by atoms with van der Waals surface area (Å²) >= 11 is 3.21. The zero-order chi connectivity index (χ0) is 14.3. The van der Waals surface area contributed by atoms with Crippen molar-refractivity contribution < 1.29 is 18.0 Å². The number of carbonyl (C=O) groups is 1. The minimum atomic E-state index is -4.29. The topological polar surface area (TPSA) is 20.3 Å². The van der Waals surface area contributed by atoms with Gasteiger partial charge in [-0.25, -0.2) is 0 Å². The van der Waals surface area contributed by atoms with Gasteiger partial charge < -0.3 is 4.90 Å². The lowest BCUT2D eigenvalue weighted by molar-refractivity contribution is -0.149. The second-order valence-electron chi connectivity index (χ2n) is 4.11. The normalized spacial score (nSPS) is 11.4. The zero-order valence-corrected chi connectivity index (χ0v) is 11.9. The number of benzene rings is 1. The van der Waals surface area contributed by atoms with E-state index in [-0.39, 0.29) is 0 Å². The number of halogens is 4. The lowest BCUT2D eigenvalue weighted by atomic mass is 10.2. The molecule has 0 spiro atoms. The fourth-order valence-electron chi connectivity index (χ4n) is 1.60. The summed E-state index contributed by atoms with van der Waals surface area (Å²) < 4.78 is 36.3. The standard InChI is InChI=1S/C13H15BrF3NO/c14-8-9-18(10-11-4-2-1-3-5-11)12(19)6-7-13(15,16)17/h1-5H,6-10H2. The molecule has 6 heteroatoms. The highest BCUT2D eigenvalue weighted by molar-refractivity contribution is 9.09. The molecule has 19 heavy (non-hydrogen) atoms. The van der Waals surface area contributed by atoms with Gasteiger partial charge in [-0.2, -0.15) is 13.2 Å². The van der Waals surface area contributed by atoms with E-state index in [1.165, 1.54) is 4.90 Å². The summed E-state index contributed by atoms with van der Waals surface area (Å²) in [7, 11) is 0. The van der Waals surface area contributed by atoms with Crippen molar-refractivity contribution in [2.24, 2.45) is 0 Å². The van der Waals surface area contributed by atoms with E-state index in [1.807, 2.05) is 30.3 Å². The van der Waals surface area contributed by atoms with Crippen LogP contribution in [-0.2, 0) is 11.3 Å². The Morgan fingerprint density at radius 3 is 2.37 bits per heavy atom. The number of nitrogens with zero attached hydrogens (tertiary/aromatic N) is 1. The summed E-state index contributed by atoms with van der Waals surface area (Å²) in [6.45, 7) is 0.731. The molecule has 0 radical (unpaired) electrons. The number of hydrogen-bond donors (Lipinski definition) is 0. The lowest BCUT2D eigenvalue weighted by Gasteiger charge is -2.22. The van der Waals surface area contributed by atoms with Crippen molar-refractivity contribution in [1.29, 1.82) is 0 Å². The third-order valence-electron chi connectivity index (χ3n) is 2.55. The van der Waals surface area contributed by atoms with Crippen molar-refractivity contribution in [3.05, 3.63) is 35.9 Å². The quantitative estimate of drug-likeness (QED) is 0.724. The van der Waals surface area contributed by atoms with Crippen LogP contribution in [0.25, 0.3) is 0 Å². The van der Waals surface area contributed by atoms with Crippen molar-refractivity contribution in [3.8, 4) is 0 Å². The summed E-state index contributed by atoms with van der Waals surface area (Å²) in [6, 6.07) is 9.21. The van der Waals surface area contributed by atoms with Crippen molar-refractivity contribution in [1.82, 2.24) is 4.90 Å². The Labute approximate surface area is 118 Å². The van der Waals surface area contributed by atoms with Gasteiger partial charge in [-0.15, -0.1) is 0 Å². The van der Waals surface area contributed by atoms with E-state index in [0.29, 0.717) is 18.4 Å². The van der Waals surface area contributed by atoms with Gasteiger partial charge in [-0.1, -0.05) is 46.3 Å². The van der Waals surface area contributed by atoms with Crippen LogP contribution in [0.15, 0.2) is 30.3 Å². The van der Waals surface area contributed by atoms with Crippen LogP contribution in [0.1, 0.15) is 18.4 Å². The van der Waals surface area contributed by atoms with Crippen LogP contribution >= 0.6 is 15.9 Å². The minimum Gasteiger partial charge on any atom is -0.338 e. The average molecular weight is 338 g/mol. The molecule has 0 aromatic heterocycles. The predicted octanol–water partition coefficient (Wildman–Crippen LogP) is 3.75. The highest BCUT2D eigenvalue weighted by atomic mass is 79.9. The zero-order valence-electron chi connectivity index (χ0n) is 10.3. The van der Waals surface area contributed by atoms with Crippen LogP contribution in [-0.4, -0.2) is 28.9 Å². The smallest absolute Gasteiger partial charge is 0.338 e. The summed E-state index contributed by atoms with van der Waals surface area (Å²) in [5.74, 6) is -0.472. The van der Waals surface area contributed by atoms with E-state index in [0.717, 1.165) is 5.56 Å². The first kappa shape index (κ1) is 16.0. The lowest BCUT2D eigenvalue weighted by Crippen LogP contribution is -2.32. The van der Waals surface area contributed by atoms with Gasteiger partial charge in [0.05, 0.1) is 6.42 Å². The first-order valence-electron chi connectivity index (χ1n) is 5.87. The molecule has 0 aliphatic heterocycles. The van der Waals surface area contributed by atoms with Crippen molar-refractivity contribution in [2.45, 2.75) is 25.6 Å². The van der Waals surface area contributed by atoms with Gasteiger partial charge in [0, 0.05) is 24.8 Å². The van der Waals surface area contributed by atoms with Gasteiger partial charge in [0.1, 0.15) is 0 Å². The monoisotopic (exact) mass is 337 g/mol. The van der Waals surface area contributed by atoms with Crippen LogP contribution in [0.5, 0.6) is 0 Å². The van der Waals surface area contributed by atoms with Crippen molar-refractivity contribution in [2.75, 3.05) is 11.9 Å². The largest absolute Gasteiger partial charge is 0.389 e. The highest BCUT2D eigenvalue weighted by Crippen LogP contribution is 2.22. The van der Waals surface area contributed by atoms with Crippen LogP contribution in [0.2, 0.25) is 0 Å². The summed E-state index contributed by atoms with van der Waals surface area (Å²) in [6.07, 6.45) is -5.86. The maximum Gasteiger partial charge on any atom is 0.389 e. The minimum absolute atomic E-state index is 0.336. The maximum absolute atomic E-state index is 12.1. The van der Waals surface area contributed by atoms with E-state index in [1.54, 1.807) is 0 Å². The molecule has 1 aromatic rings. The number of carbonyl (C=O) groups excluding carboxylic acids is 1. The van der Waals surface area contributed by atoms with Crippen LogP contribution in [0.4, 0.5) is 13.2 Å². The maximum atomic E-state index is 12.1. The van der Waals surface area contributed by atoms with E-state index >= 15 is 0 Å². The van der Waals surface area contributed by atoms with Crippen LogP contribution < -0.4 is 0 Å². The second-order valence-corrected chi connectivity index (χ2v) is 4.90. The number of amides is 1. The molecule has 0 atom stereocenters. The van der Waals surface area contributed by atoms with Crippen LogP contribution in [0, 0.1) is 0 Å². The summed E-state index contributed by atoms with van der Waals surface area (Å²) in [5, 5.41) is 0.539. The van der Waals surface area contributed by atoms with Gasteiger partial charge >= 0.3 is 6.18 Å². The Morgan fingerprint density at radius 1 is 1.21 bits per heavy atom. The Kier molecular flexibility index (Phi) is 6.34. The molecular weight excluding hydrogens is 323 g/mol. The Balaban J connectivity index is 2.59. The highest BCUT2D eigenvalue weighted by Gasteiger charge is 2.29. The van der Waals surface area contributed by atoms with Crippen molar-refractivity contribution >= 4 is 21.8 Å².